The van der Waals surface area contributed by atoms with Crippen molar-refractivity contribution in [2.75, 3.05) is 24.5 Å². The third-order valence-electron chi connectivity index (χ3n) is 6.56. The van der Waals surface area contributed by atoms with Crippen LogP contribution in [0.15, 0.2) is 48.5 Å². The molecule has 2 aliphatic heterocycles. The number of nitriles is 1. The molecule has 31 heavy (non-hydrogen) atoms. The van der Waals surface area contributed by atoms with E-state index in [1.807, 2.05) is 69.0 Å². The summed E-state index contributed by atoms with van der Waals surface area (Å²) in [5.41, 5.74) is 2.94. The van der Waals surface area contributed by atoms with Crippen LogP contribution in [0.25, 0.3) is 0 Å². The summed E-state index contributed by atoms with van der Waals surface area (Å²) >= 11 is 0. The van der Waals surface area contributed by atoms with Gasteiger partial charge in [0.2, 0.25) is 5.91 Å². The lowest BCUT2D eigenvalue weighted by atomic mass is 9.79. The van der Waals surface area contributed by atoms with Crippen molar-refractivity contribution >= 4 is 24.2 Å². The molecular weight excluding hydrogens is 389 g/mol. The van der Waals surface area contributed by atoms with Crippen LogP contribution in [-0.4, -0.2) is 48.8 Å². The van der Waals surface area contributed by atoms with Gasteiger partial charge in [-0.25, -0.2) is 0 Å². The van der Waals surface area contributed by atoms with Gasteiger partial charge in [-0.2, -0.15) is 5.26 Å². The highest BCUT2D eigenvalue weighted by Crippen LogP contribution is 2.36. The van der Waals surface area contributed by atoms with E-state index >= 15 is 0 Å². The van der Waals surface area contributed by atoms with E-state index in [0.717, 1.165) is 23.3 Å². The minimum absolute atomic E-state index is 0.102. The van der Waals surface area contributed by atoms with Crippen molar-refractivity contribution in [3.8, 4) is 6.07 Å². The second kappa shape index (κ2) is 8.03. The number of rotatable bonds is 4. The van der Waals surface area contributed by atoms with Crippen LogP contribution in [-0.2, 0) is 20.6 Å². The summed E-state index contributed by atoms with van der Waals surface area (Å²) in [5.74, 6) is 0.102. The van der Waals surface area contributed by atoms with Gasteiger partial charge in [-0.3, -0.25) is 4.79 Å². The molecule has 0 N–H and O–H groups in total. The van der Waals surface area contributed by atoms with E-state index in [1.54, 1.807) is 12.1 Å². The summed E-state index contributed by atoms with van der Waals surface area (Å²) in [4.78, 5) is 16.7. The normalized spacial score (nSPS) is 20.1. The number of piperazine rings is 1. The Labute approximate surface area is 184 Å². The predicted molar refractivity (Wildman–Crippen MR) is 121 cm³/mol. The van der Waals surface area contributed by atoms with Crippen LogP contribution < -0.4 is 10.4 Å². The Hall–Kier alpha value is -2.82. The topological polar surface area (TPSA) is 65.8 Å². The fraction of sp³-hybridized carbons (Fsp3) is 0.417. The first-order valence-electron chi connectivity index (χ1n) is 10.7. The molecule has 6 nitrogen and oxygen atoms in total. The van der Waals surface area contributed by atoms with Crippen LogP contribution in [0.5, 0.6) is 0 Å². The van der Waals surface area contributed by atoms with Gasteiger partial charge in [-0.15, -0.1) is 0 Å². The van der Waals surface area contributed by atoms with Crippen LogP contribution in [0.4, 0.5) is 5.69 Å². The summed E-state index contributed by atoms with van der Waals surface area (Å²) in [6.45, 7) is 10.5. The van der Waals surface area contributed by atoms with Crippen molar-refractivity contribution in [2.24, 2.45) is 0 Å². The number of nitrogens with zero attached hydrogens (tertiary/aromatic N) is 3. The van der Waals surface area contributed by atoms with Crippen LogP contribution in [0.2, 0.25) is 0 Å². The highest BCUT2D eigenvalue weighted by molar-refractivity contribution is 6.62. The highest BCUT2D eigenvalue weighted by atomic mass is 16.7. The fourth-order valence-electron chi connectivity index (χ4n) is 3.82. The standard InChI is InChI=1S/C24H28BN3O3/c1-23(2)24(3,4)31-25(30-23)20-9-5-19(6-10-20)16-28-14-13-27(17-22(28)29)21-11-7-18(15-26)8-12-21/h5-12H,13-14,16-17H2,1-4H3. The second-order valence-electron chi connectivity index (χ2n) is 9.23. The number of amides is 1. The first-order chi connectivity index (χ1) is 14.7. The molecule has 0 aromatic heterocycles. The summed E-state index contributed by atoms with van der Waals surface area (Å²) in [6, 6.07) is 17.6. The first-order valence-corrected chi connectivity index (χ1v) is 10.7. The predicted octanol–water partition coefficient (Wildman–Crippen LogP) is 2.71. The maximum atomic E-state index is 12.7. The van der Waals surface area contributed by atoms with E-state index in [2.05, 4.69) is 11.0 Å². The zero-order valence-electron chi connectivity index (χ0n) is 18.6. The Morgan fingerprint density at radius 1 is 0.968 bits per heavy atom. The van der Waals surface area contributed by atoms with E-state index in [-0.39, 0.29) is 24.2 Å². The van der Waals surface area contributed by atoms with Crippen molar-refractivity contribution in [1.82, 2.24) is 4.90 Å². The van der Waals surface area contributed by atoms with Gasteiger partial charge in [0.05, 0.1) is 29.4 Å². The lowest BCUT2D eigenvalue weighted by molar-refractivity contribution is -0.131. The molecule has 160 valence electrons. The maximum absolute atomic E-state index is 12.7. The molecule has 0 unspecified atom stereocenters. The van der Waals surface area contributed by atoms with Gasteiger partial charge in [-0.05, 0) is 63.0 Å². The highest BCUT2D eigenvalue weighted by Gasteiger charge is 2.51. The molecule has 2 heterocycles. The molecule has 0 aliphatic carbocycles. The lowest BCUT2D eigenvalue weighted by Crippen LogP contribution is -2.50. The Kier molecular flexibility index (Phi) is 5.55. The number of hydrogen-bond donors (Lipinski definition) is 0. The van der Waals surface area contributed by atoms with Gasteiger partial charge >= 0.3 is 7.12 Å². The molecule has 0 spiro atoms. The lowest BCUT2D eigenvalue weighted by Gasteiger charge is -2.35. The number of benzene rings is 2. The van der Waals surface area contributed by atoms with Crippen molar-refractivity contribution in [3.05, 3.63) is 59.7 Å². The molecule has 0 atom stereocenters. The minimum Gasteiger partial charge on any atom is -0.399 e. The van der Waals surface area contributed by atoms with E-state index in [9.17, 15) is 4.79 Å². The van der Waals surface area contributed by atoms with Crippen molar-refractivity contribution in [1.29, 1.82) is 5.26 Å². The summed E-state index contributed by atoms with van der Waals surface area (Å²) < 4.78 is 12.2. The molecule has 2 fully saturated rings. The Morgan fingerprint density at radius 3 is 2.13 bits per heavy atom. The van der Waals surface area contributed by atoms with E-state index in [1.165, 1.54) is 0 Å². The summed E-state index contributed by atoms with van der Waals surface area (Å²) in [7, 11) is -0.378. The molecule has 2 aliphatic rings. The summed E-state index contributed by atoms with van der Waals surface area (Å²) in [5, 5.41) is 8.94. The largest absolute Gasteiger partial charge is 0.494 e. The third-order valence-corrected chi connectivity index (χ3v) is 6.56. The number of carbonyl (C=O) groups excluding carboxylic acids is 1. The van der Waals surface area contributed by atoms with Crippen LogP contribution in [0.3, 0.4) is 0 Å². The molecular formula is C24H28BN3O3. The smallest absolute Gasteiger partial charge is 0.399 e. The zero-order valence-corrected chi connectivity index (χ0v) is 18.6. The zero-order chi connectivity index (χ0) is 22.2. The van der Waals surface area contributed by atoms with Crippen LogP contribution in [0, 0.1) is 11.3 Å². The SMILES string of the molecule is CC1(C)OB(c2ccc(CN3CCN(c4ccc(C#N)cc4)CC3=O)cc2)OC1(C)C. The van der Waals surface area contributed by atoms with E-state index < -0.39 is 0 Å². The Bertz CT molecular complexity index is 980. The molecule has 7 heteroatoms. The maximum Gasteiger partial charge on any atom is 0.494 e. The average molecular weight is 417 g/mol. The van der Waals surface area contributed by atoms with Gasteiger partial charge in [0.1, 0.15) is 0 Å². The number of hydrogen-bond acceptors (Lipinski definition) is 5. The molecule has 0 saturated carbocycles. The molecule has 2 aromatic rings. The van der Waals surface area contributed by atoms with Crippen molar-refractivity contribution < 1.29 is 14.1 Å². The average Bonchev–Trinajstić information content (AvgIpc) is 2.97. The molecule has 2 saturated heterocycles. The van der Waals surface area contributed by atoms with Gasteiger partial charge in [0.25, 0.3) is 0 Å². The van der Waals surface area contributed by atoms with Crippen LogP contribution in [0.1, 0.15) is 38.8 Å². The van der Waals surface area contributed by atoms with Gasteiger partial charge in [0, 0.05) is 25.3 Å². The molecule has 1 amide bonds. The van der Waals surface area contributed by atoms with Gasteiger partial charge in [-0.1, -0.05) is 24.3 Å². The van der Waals surface area contributed by atoms with Gasteiger partial charge < -0.3 is 19.1 Å². The monoisotopic (exact) mass is 417 g/mol. The number of anilines is 1. The fourth-order valence-corrected chi connectivity index (χ4v) is 3.82. The molecule has 4 rings (SSSR count). The van der Waals surface area contributed by atoms with Crippen molar-refractivity contribution in [3.63, 3.8) is 0 Å². The molecule has 0 radical (unpaired) electrons. The van der Waals surface area contributed by atoms with E-state index in [0.29, 0.717) is 25.2 Å². The molecule has 2 aromatic carbocycles. The quantitative estimate of drug-likeness (QED) is 0.716. The van der Waals surface area contributed by atoms with Crippen molar-refractivity contribution in [2.45, 2.75) is 45.4 Å². The minimum atomic E-state index is -0.378. The molecule has 0 bridgehead atoms. The van der Waals surface area contributed by atoms with E-state index in [4.69, 9.17) is 14.6 Å². The second-order valence-corrected chi connectivity index (χ2v) is 9.23. The van der Waals surface area contributed by atoms with Gasteiger partial charge in [0.15, 0.2) is 0 Å². The van der Waals surface area contributed by atoms with Crippen LogP contribution >= 0.6 is 0 Å². The summed E-state index contributed by atoms with van der Waals surface area (Å²) in [6.07, 6.45) is 0. The number of carbonyl (C=O) groups is 1. The first kappa shape index (κ1) is 21.4. The Balaban J connectivity index is 1.36. The Morgan fingerprint density at radius 2 is 1.58 bits per heavy atom. The third kappa shape index (κ3) is 4.32.